The molecule has 15 heavy (non-hydrogen) atoms. The second-order valence-corrected chi connectivity index (χ2v) is 4.85. The van der Waals surface area contributed by atoms with E-state index in [1.54, 1.807) is 4.90 Å². The van der Waals surface area contributed by atoms with Crippen molar-refractivity contribution in [2.24, 2.45) is 0 Å². The SMILES string of the molecule is CC(C)N(C)C(=O)Cc1nc(CCl)cs1. The highest BCUT2D eigenvalue weighted by atomic mass is 35.5. The van der Waals surface area contributed by atoms with Crippen LogP contribution < -0.4 is 0 Å². The van der Waals surface area contributed by atoms with Gasteiger partial charge in [-0.2, -0.15) is 0 Å². The van der Waals surface area contributed by atoms with Gasteiger partial charge < -0.3 is 4.90 Å². The largest absolute Gasteiger partial charge is 0.343 e. The van der Waals surface area contributed by atoms with E-state index in [0.717, 1.165) is 10.7 Å². The average molecular weight is 247 g/mol. The summed E-state index contributed by atoms with van der Waals surface area (Å²) in [7, 11) is 1.81. The van der Waals surface area contributed by atoms with Crippen molar-refractivity contribution in [3.05, 3.63) is 16.1 Å². The molecule has 84 valence electrons. The summed E-state index contributed by atoms with van der Waals surface area (Å²) in [5.74, 6) is 0.505. The molecule has 0 aliphatic heterocycles. The molecule has 5 heteroatoms. The molecule has 0 aromatic carbocycles. The molecule has 0 saturated carbocycles. The predicted octanol–water partition coefficient (Wildman–Crippen LogP) is 2.29. The van der Waals surface area contributed by atoms with Crippen LogP contribution in [-0.2, 0) is 17.1 Å². The summed E-state index contributed by atoms with van der Waals surface area (Å²) in [5, 5.41) is 2.73. The minimum Gasteiger partial charge on any atom is -0.343 e. The third-order valence-corrected chi connectivity index (χ3v) is 3.38. The summed E-state index contributed by atoms with van der Waals surface area (Å²) in [6.45, 7) is 3.98. The van der Waals surface area contributed by atoms with Gasteiger partial charge in [-0.05, 0) is 13.8 Å². The van der Waals surface area contributed by atoms with Gasteiger partial charge in [-0.3, -0.25) is 4.79 Å². The first-order valence-electron chi connectivity index (χ1n) is 4.79. The van der Waals surface area contributed by atoms with E-state index in [1.165, 1.54) is 11.3 Å². The van der Waals surface area contributed by atoms with Gasteiger partial charge in [-0.1, -0.05) is 0 Å². The maximum Gasteiger partial charge on any atom is 0.229 e. The Labute approximate surface area is 99.1 Å². The molecule has 0 saturated heterocycles. The van der Waals surface area contributed by atoms with Crippen LogP contribution in [-0.4, -0.2) is 28.9 Å². The van der Waals surface area contributed by atoms with Crippen LogP contribution in [0.3, 0.4) is 0 Å². The Morgan fingerprint density at radius 2 is 2.33 bits per heavy atom. The molecule has 0 unspecified atom stereocenters. The standard InChI is InChI=1S/C10H15ClN2OS/c1-7(2)13(3)10(14)4-9-12-8(5-11)6-15-9/h6-7H,4-5H2,1-3H3. The van der Waals surface area contributed by atoms with Gasteiger partial charge in [0.05, 0.1) is 18.0 Å². The van der Waals surface area contributed by atoms with Crippen molar-refractivity contribution >= 4 is 28.8 Å². The van der Waals surface area contributed by atoms with E-state index in [2.05, 4.69) is 4.98 Å². The van der Waals surface area contributed by atoms with Crippen molar-refractivity contribution in [1.82, 2.24) is 9.88 Å². The van der Waals surface area contributed by atoms with Gasteiger partial charge in [0.15, 0.2) is 0 Å². The van der Waals surface area contributed by atoms with Crippen molar-refractivity contribution in [1.29, 1.82) is 0 Å². The molecule has 1 aromatic rings. The van der Waals surface area contributed by atoms with Gasteiger partial charge >= 0.3 is 0 Å². The van der Waals surface area contributed by atoms with Crippen LogP contribution in [0.15, 0.2) is 5.38 Å². The third kappa shape index (κ3) is 3.47. The molecule has 1 rings (SSSR count). The summed E-state index contributed by atoms with van der Waals surface area (Å²) in [5.41, 5.74) is 0.844. The number of thiazole rings is 1. The van der Waals surface area contributed by atoms with Crippen LogP contribution in [0.1, 0.15) is 24.5 Å². The summed E-state index contributed by atoms with van der Waals surface area (Å²) in [6.07, 6.45) is 0.371. The zero-order valence-electron chi connectivity index (χ0n) is 9.16. The lowest BCUT2D eigenvalue weighted by Gasteiger charge is -2.20. The van der Waals surface area contributed by atoms with Crippen LogP contribution >= 0.6 is 22.9 Å². The normalized spacial score (nSPS) is 10.7. The average Bonchev–Trinajstić information content (AvgIpc) is 2.64. The Morgan fingerprint density at radius 3 is 2.80 bits per heavy atom. The number of rotatable bonds is 4. The Hall–Kier alpha value is -0.610. The molecule has 0 atom stereocenters. The molecule has 1 heterocycles. The van der Waals surface area contributed by atoms with Crippen molar-refractivity contribution < 1.29 is 4.79 Å². The number of amides is 1. The van der Waals surface area contributed by atoms with E-state index in [1.807, 2.05) is 26.3 Å². The number of carbonyl (C=O) groups excluding carboxylic acids is 1. The minimum atomic E-state index is 0.0977. The molecule has 0 N–H and O–H groups in total. The van der Waals surface area contributed by atoms with Crippen molar-refractivity contribution in [3.63, 3.8) is 0 Å². The number of aromatic nitrogens is 1. The molecular weight excluding hydrogens is 232 g/mol. The van der Waals surface area contributed by atoms with E-state index in [-0.39, 0.29) is 11.9 Å². The zero-order valence-corrected chi connectivity index (χ0v) is 10.7. The van der Waals surface area contributed by atoms with Crippen LogP contribution in [0.4, 0.5) is 0 Å². The smallest absolute Gasteiger partial charge is 0.229 e. The van der Waals surface area contributed by atoms with Crippen LogP contribution in [0.5, 0.6) is 0 Å². The maximum absolute atomic E-state index is 11.7. The van der Waals surface area contributed by atoms with Gasteiger partial charge in [-0.25, -0.2) is 4.98 Å². The predicted molar refractivity (Wildman–Crippen MR) is 63.3 cm³/mol. The molecule has 0 spiro atoms. The molecule has 1 aromatic heterocycles. The number of halogens is 1. The Balaban J connectivity index is 2.58. The number of carbonyl (C=O) groups is 1. The highest BCUT2D eigenvalue weighted by molar-refractivity contribution is 7.09. The maximum atomic E-state index is 11.7. The summed E-state index contributed by atoms with van der Waals surface area (Å²) in [4.78, 5) is 17.7. The molecule has 0 aliphatic rings. The van der Waals surface area contributed by atoms with E-state index < -0.39 is 0 Å². The van der Waals surface area contributed by atoms with E-state index in [0.29, 0.717) is 12.3 Å². The van der Waals surface area contributed by atoms with Gasteiger partial charge in [0.25, 0.3) is 0 Å². The van der Waals surface area contributed by atoms with Crippen LogP contribution in [0.25, 0.3) is 0 Å². The molecule has 0 aliphatic carbocycles. The third-order valence-electron chi connectivity index (χ3n) is 2.21. The summed E-state index contributed by atoms with van der Waals surface area (Å²) >= 11 is 7.13. The molecular formula is C10H15ClN2OS. The van der Waals surface area contributed by atoms with Gasteiger partial charge in [0.1, 0.15) is 5.01 Å². The molecule has 1 amide bonds. The number of alkyl halides is 1. The highest BCUT2D eigenvalue weighted by Gasteiger charge is 2.14. The number of hydrogen-bond donors (Lipinski definition) is 0. The lowest BCUT2D eigenvalue weighted by molar-refractivity contribution is -0.130. The van der Waals surface area contributed by atoms with Crippen LogP contribution in [0, 0.1) is 0 Å². The first kappa shape index (κ1) is 12.5. The minimum absolute atomic E-state index is 0.0977. The second kappa shape index (κ2) is 5.47. The number of nitrogens with zero attached hydrogens (tertiary/aromatic N) is 2. The van der Waals surface area contributed by atoms with E-state index in [9.17, 15) is 4.79 Å². The lowest BCUT2D eigenvalue weighted by Crippen LogP contribution is -2.34. The van der Waals surface area contributed by atoms with E-state index in [4.69, 9.17) is 11.6 Å². The number of likely N-dealkylation sites (N-methyl/N-ethyl adjacent to an activating group) is 1. The first-order chi connectivity index (χ1) is 7.04. The van der Waals surface area contributed by atoms with Crippen molar-refractivity contribution in [2.45, 2.75) is 32.2 Å². The Kier molecular flexibility index (Phi) is 4.54. The first-order valence-corrected chi connectivity index (χ1v) is 6.21. The van der Waals surface area contributed by atoms with Crippen LogP contribution in [0.2, 0.25) is 0 Å². The summed E-state index contributed by atoms with van der Waals surface area (Å²) < 4.78 is 0. The topological polar surface area (TPSA) is 33.2 Å². The second-order valence-electron chi connectivity index (χ2n) is 3.64. The molecule has 0 radical (unpaired) electrons. The Bertz CT molecular complexity index is 338. The summed E-state index contributed by atoms with van der Waals surface area (Å²) in [6, 6.07) is 0.227. The molecule has 0 fully saturated rings. The molecule has 3 nitrogen and oxygen atoms in total. The van der Waals surface area contributed by atoms with Gasteiger partial charge in [-0.15, -0.1) is 22.9 Å². The zero-order chi connectivity index (χ0) is 11.4. The lowest BCUT2D eigenvalue weighted by atomic mass is 10.3. The van der Waals surface area contributed by atoms with Crippen molar-refractivity contribution in [2.75, 3.05) is 7.05 Å². The number of hydrogen-bond acceptors (Lipinski definition) is 3. The van der Waals surface area contributed by atoms with E-state index >= 15 is 0 Å². The quantitative estimate of drug-likeness (QED) is 0.764. The molecule has 0 bridgehead atoms. The van der Waals surface area contributed by atoms with Gasteiger partial charge in [0, 0.05) is 18.5 Å². The van der Waals surface area contributed by atoms with Crippen molar-refractivity contribution in [3.8, 4) is 0 Å². The van der Waals surface area contributed by atoms with Gasteiger partial charge in [0.2, 0.25) is 5.91 Å². The highest BCUT2D eigenvalue weighted by Crippen LogP contribution is 2.13. The monoisotopic (exact) mass is 246 g/mol. The fraction of sp³-hybridized carbons (Fsp3) is 0.600. The fourth-order valence-electron chi connectivity index (χ4n) is 1.03. The Morgan fingerprint density at radius 1 is 1.67 bits per heavy atom. The fourth-order valence-corrected chi connectivity index (χ4v) is 2.05.